The van der Waals surface area contributed by atoms with E-state index in [0.29, 0.717) is 6.04 Å². The molecule has 0 amide bonds. The van der Waals surface area contributed by atoms with Crippen LogP contribution in [0.5, 0.6) is 0 Å². The average molecular weight is 273 g/mol. The summed E-state index contributed by atoms with van der Waals surface area (Å²) in [5.41, 5.74) is 4.23. The molecule has 0 radical (unpaired) electrons. The molecule has 3 unspecified atom stereocenters. The number of rotatable bonds is 5. The highest BCUT2D eigenvalue weighted by atomic mass is 14.9. The monoisotopic (exact) mass is 273 g/mol. The lowest BCUT2D eigenvalue weighted by Gasteiger charge is -2.27. The van der Waals surface area contributed by atoms with Gasteiger partial charge in [0.1, 0.15) is 0 Å². The minimum Gasteiger partial charge on any atom is -0.310 e. The van der Waals surface area contributed by atoms with Crippen LogP contribution >= 0.6 is 0 Å². The number of nitrogens with one attached hydrogen (secondary N) is 1. The molecule has 0 spiro atoms. The van der Waals surface area contributed by atoms with E-state index in [2.05, 4.69) is 51.2 Å². The van der Waals surface area contributed by atoms with Gasteiger partial charge >= 0.3 is 0 Å². The fourth-order valence-corrected chi connectivity index (χ4v) is 3.66. The summed E-state index contributed by atoms with van der Waals surface area (Å²) in [6.45, 7) is 10.3. The Hall–Kier alpha value is -0.820. The van der Waals surface area contributed by atoms with E-state index in [9.17, 15) is 0 Å². The fourth-order valence-electron chi connectivity index (χ4n) is 3.66. The van der Waals surface area contributed by atoms with Gasteiger partial charge in [-0.05, 0) is 63.1 Å². The van der Waals surface area contributed by atoms with Crippen LogP contribution in [0.15, 0.2) is 18.2 Å². The summed E-state index contributed by atoms with van der Waals surface area (Å²) in [7, 11) is 0. The molecule has 1 fully saturated rings. The summed E-state index contributed by atoms with van der Waals surface area (Å²) in [6, 6.07) is 7.24. The van der Waals surface area contributed by atoms with Gasteiger partial charge in [-0.1, -0.05) is 49.9 Å². The van der Waals surface area contributed by atoms with E-state index in [1.807, 2.05) is 0 Å². The highest BCUT2D eigenvalue weighted by Gasteiger charge is 2.18. The van der Waals surface area contributed by atoms with Crippen LogP contribution < -0.4 is 5.32 Å². The standard InChI is InChI=1S/C19H31N/c1-14-6-5-7-18(12-14)10-11-20-17(4)19-13-15(2)8-9-16(19)3/h8-9,13-14,17-18,20H,5-7,10-12H2,1-4H3. The molecule has 3 atom stereocenters. The van der Waals surface area contributed by atoms with Gasteiger partial charge in [0, 0.05) is 6.04 Å². The van der Waals surface area contributed by atoms with Gasteiger partial charge in [-0.15, -0.1) is 0 Å². The third-order valence-electron chi connectivity index (χ3n) is 4.95. The van der Waals surface area contributed by atoms with E-state index >= 15 is 0 Å². The number of aryl methyl sites for hydroxylation is 2. The molecule has 1 aromatic carbocycles. The molecule has 1 heteroatoms. The fraction of sp³-hybridized carbons (Fsp3) is 0.684. The Morgan fingerprint density at radius 2 is 2.05 bits per heavy atom. The van der Waals surface area contributed by atoms with Gasteiger partial charge < -0.3 is 5.32 Å². The van der Waals surface area contributed by atoms with Crippen LogP contribution in [0.4, 0.5) is 0 Å². The molecule has 1 N–H and O–H groups in total. The van der Waals surface area contributed by atoms with Gasteiger partial charge in [-0.25, -0.2) is 0 Å². The summed E-state index contributed by atoms with van der Waals surface area (Å²) >= 11 is 0. The summed E-state index contributed by atoms with van der Waals surface area (Å²) in [5, 5.41) is 3.73. The van der Waals surface area contributed by atoms with Gasteiger partial charge in [0.05, 0.1) is 0 Å². The lowest BCUT2D eigenvalue weighted by atomic mass is 9.81. The predicted molar refractivity (Wildman–Crippen MR) is 88.1 cm³/mol. The van der Waals surface area contributed by atoms with Gasteiger partial charge in [0.2, 0.25) is 0 Å². The molecule has 1 saturated carbocycles. The van der Waals surface area contributed by atoms with Crippen LogP contribution in [0.3, 0.4) is 0 Å². The van der Waals surface area contributed by atoms with E-state index in [4.69, 9.17) is 0 Å². The van der Waals surface area contributed by atoms with Crippen molar-refractivity contribution in [1.82, 2.24) is 5.32 Å². The first kappa shape index (κ1) is 15.6. The first-order valence-electron chi connectivity index (χ1n) is 8.36. The molecule has 1 aliphatic rings. The lowest BCUT2D eigenvalue weighted by Crippen LogP contribution is -2.24. The molecule has 2 rings (SSSR count). The van der Waals surface area contributed by atoms with Crippen molar-refractivity contribution >= 4 is 0 Å². The summed E-state index contributed by atoms with van der Waals surface area (Å²) in [4.78, 5) is 0. The second-order valence-electron chi connectivity index (χ2n) is 6.96. The van der Waals surface area contributed by atoms with Crippen LogP contribution in [0, 0.1) is 25.7 Å². The maximum atomic E-state index is 3.73. The van der Waals surface area contributed by atoms with Gasteiger partial charge in [-0.2, -0.15) is 0 Å². The van der Waals surface area contributed by atoms with Crippen LogP contribution in [-0.4, -0.2) is 6.54 Å². The second-order valence-corrected chi connectivity index (χ2v) is 6.96. The number of benzene rings is 1. The van der Waals surface area contributed by atoms with Crippen molar-refractivity contribution in [2.24, 2.45) is 11.8 Å². The highest BCUT2D eigenvalue weighted by molar-refractivity contribution is 5.32. The Balaban J connectivity index is 1.80. The Labute approximate surface area is 125 Å². The summed E-state index contributed by atoms with van der Waals surface area (Å²) < 4.78 is 0. The quantitative estimate of drug-likeness (QED) is 0.780. The van der Waals surface area contributed by atoms with Crippen LogP contribution in [0.2, 0.25) is 0 Å². The predicted octanol–water partition coefficient (Wildman–Crippen LogP) is 5.17. The Morgan fingerprint density at radius 3 is 2.80 bits per heavy atom. The number of hydrogen-bond acceptors (Lipinski definition) is 1. The van der Waals surface area contributed by atoms with Crippen molar-refractivity contribution in [1.29, 1.82) is 0 Å². The third-order valence-corrected chi connectivity index (χ3v) is 4.95. The minimum absolute atomic E-state index is 0.468. The van der Waals surface area contributed by atoms with E-state index in [-0.39, 0.29) is 0 Å². The van der Waals surface area contributed by atoms with E-state index in [1.54, 1.807) is 0 Å². The van der Waals surface area contributed by atoms with Crippen molar-refractivity contribution in [2.75, 3.05) is 6.54 Å². The lowest BCUT2D eigenvalue weighted by molar-refractivity contribution is 0.265. The third kappa shape index (κ3) is 4.34. The average Bonchev–Trinajstić information content (AvgIpc) is 2.41. The molecule has 0 saturated heterocycles. The molecule has 0 heterocycles. The van der Waals surface area contributed by atoms with E-state index in [1.165, 1.54) is 48.8 Å². The zero-order valence-corrected chi connectivity index (χ0v) is 13.7. The van der Waals surface area contributed by atoms with E-state index < -0.39 is 0 Å². The highest BCUT2D eigenvalue weighted by Crippen LogP contribution is 2.30. The number of hydrogen-bond donors (Lipinski definition) is 1. The van der Waals surface area contributed by atoms with Crippen LogP contribution in [0.1, 0.15) is 68.7 Å². The molecule has 0 bridgehead atoms. The Kier molecular flexibility index (Phi) is 5.65. The van der Waals surface area contributed by atoms with Gasteiger partial charge in [0.25, 0.3) is 0 Å². The first-order valence-corrected chi connectivity index (χ1v) is 8.36. The second kappa shape index (κ2) is 7.26. The molecule has 1 aliphatic carbocycles. The summed E-state index contributed by atoms with van der Waals surface area (Å²) in [6.07, 6.45) is 7.13. The largest absolute Gasteiger partial charge is 0.310 e. The molecule has 0 aromatic heterocycles. The molecule has 1 aromatic rings. The SMILES string of the molecule is Cc1ccc(C)c(C(C)NCCC2CCCC(C)C2)c1. The van der Waals surface area contributed by atoms with Crippen molar-refractivity contribution in [2.45, 2.75) is 65.8 Å². The van der Waals surface area contributed by atoms with Gasteiger partial charge in [0.15, 0.2) is 0 Å². The molecule has 0 aliphatic heterocycles. The Bertz CT molecular complexity index is 424. The van der Waals surface area contributed by atoms with Crippen LogP contribution in [-0.2, 0) is 0 Å². The van der Waals surface area contributed by atoms with Crippen LogP contribution in [0.25, 0.3) is 0 Å². The van der Waals surface area contributed by atoms with E-state index in [0.717, 1.165) is 18.4 Å². The van der Waals surface area contributed by atoms with Crippen molar-refractivity contribution < 1.29 is 0 Å². The topological polar surface area (TPSA) is 12.0 Å². The minimum atomic E-state index is 0.468. The summed E-state index contributed by atoms with van der Waals surface area (Å²) in [5.74, 6) is 1.90. The maximum Gasteiger partial charge on any atom is 0.0294 e. The van der Waals surface area contributed by atoms with Crippen molar-refractivity contribution in [3.8, 4) is 0 Å². The maximum absolute atomic E-state index is 3.73. The molecular weight excluding hydrogens is 242 g/mol. The molecule has 20 heavy (non-hydrogen) atoms. The molecule has 1 nitrogen and oxygen atoms in total. The molecule has 112 valence electrons. The zero-order valence-electron chi connectivity index (χ0n) is 13.7. The first-order chi connectivity index (χ1) is 9.56. The molecular formula is C19H31N. The normalized spacial score (nSPS) is 24.6. The smallest absolute Gasteiger partial charge is 0.0294 e. The van der Waals surface area contributed by atoms with Gasteiger partial charge in [-0.3, -0.25) is 0 Å². The van der Waals surface area contributed by atoms with Crippen molar-refractivity contribution in [3.05, 3.63) is 34.9 Å². The van der Waals surface area contributed by atoms with Crippen molar-refractivity contribution in [3.63, 3.8) is 0 Å². The Morgan fingerprint density at radius 1 is 1.25 bits per heavy atom. The zero-order chi connectivity index (χ0) is 14.5.